The molecule has 0 bridgehead atoms. The van der Waals surface area contributed by atoms with Crippen LogP contribution in [-0.2, 0) is 9.59 Å². The zero-order valence-corrected chi connectivity index (χ0v) is 22.9. The van der Waals surface area contributed by atoms with E-state index >= 15 is 0 Å². The van der Waals surface area contributed by atoms with E-state index in [-0.39, 0.29) is 34.0 Å². The van der Waals surface area contributed by atoms with Gasteiger partial charge in [0.25, 0.3) is 0 Å². The molecule has 0 spiro atoms. The number of hydrogen-bond donors (Lipinski definition) is 4. The number of carbonyl (C=O) groups excluding carboxylic acids is 1. The van der Waals surface area contributed by atoms with E-state index in [1.807, 2.05) is 4.90 Å². The fourth-order valence-corrected chi connectivity index (χ4v) is 9.58. The SMILES string of the molecule is CCCC(N)C(=O)N1CCC2(C)C(CC(O)C3C2CCC2(C)C3CCC2(S)CCCCC(=O)O)C1. The largest absolute Gasteiger partial charge is 0.481 e. The average Bonchev–Trinajstić information content (AvgIpc) is 3.07. The topological polar surface area (TPSA) is 104 Å². The highest BCUT2D eigenvalue weighted by molar-refractivity contribution is 7.81. The summed E-state index contributed by atoms with van der Waals surface area (Å²) in [7, 11) is 0. The molecular weight excluding hydrogens is 460 g/mol. The van der Waals surface area contributed by atoms with Gasteiger partial charge in [0.2, 0.25) is 5.91 Å². The Hall–Kier alpha value is -0.790. The molecule has 1 amide bonds. The van der Waals surface area contributed by atoms with Crippen LogP contribution < -0.4 is 5.73 Å². The molecular formula is C28H48N2O4S. The molecule has 3 saturated carbocycles. The lowest BCUT2D eigenvalue weighted by atomic mass is 9.45. The Labute approximate surface area is 217 Å². The predicted octanol–water partition coefficient (Wildman–Crippen LogP) is 4.49. The highest BCUT2D eigenvalue weighted by atomic mass is 32.1. The van der Waals surface area contributed by atoms with Gasteiger partial charge in [-0.25, -0.2) is 0 Å². The first-order valence-corrected chi connectivity index (χ1v) is 14.6. The number of nitrogens with two attached hydrogens (primary N) is 1. The van der Waals surface area contributed by atoms with Crippen molar-refractivity contribution >= 4 is 24.5 Å². The third-order valence-corrected chi connectivity index (χ3v) is 12.2. The summed E-state index contributed by atoms with van der Waals surface area (Å²) in [6.45, 7) is 8.42. The summed E-state index contributed by atoms with van der Waals surface area (Å²) in [5, 5.41) is 20.6. The van der Waals surface area contributed by atoms with Crippen molar-refractivity contribution in [2.24, 2.45) is 40.2 Å². The Morgan fingerprint density at radius 3 is 2.54 bits per heavy atom. The number of carbonyl (C=O) groups is 2. The van der Waals surface area contributed by atoms with Crippen molar-refractivity contribution in [3.05, 3.63) is 0 Å². The van der Waals surface area contributed by atoms with E-state index in [1.54, 1.807) is 0 Å². The van der Waals surface area contributed by atoms with Gasteiger partial charge in [-0.15, -0.1) is 0 Å². The van der Waals surface area contributed by atoms with Crippen molar-refractivity contribution in [3.63, 3.8) is 0 Å². The first-order chi connectivity index (χ1) is 16.5. The molecule has 35 heavy (non-hydrogen) atoms. The van der Waals surface area contributed by atoms with Crippen LogP contribution in [0.4, 0.5) is 0 Å². The van der Waals surface area contributed by atoms with E-state index in [0.717, 1.165) is 77.3 Å². The standard InChI is InChI=1S/C28H48N2O4S/c1-4-7-21(29)25(34)30-15-14-26(2)18(17-30)16-22(31)24-19(26)9-12-27(3)20(24)10-13-28(27,35)11-6-5-8-23(32)33/h18-22,24,31,35H,4-17,29H2,1-3H3,(H,32,33). The van der Waals surface area contributed by atoms with Crippen molar-refractivity contribution < 1.29 is 19.8 Å². The first-order valence-electron chi connectivity index (χ1n) is 14.1. The number of nitrogens with zero attached hydrogens (tertiary/aromatic N) is 1. The average molecular weight is 509 g/mol. The molecule has 200 valence electrons. The fraction of sp³-hybridized carbons (Fsp3) is 0.929. The second kappa shape index (κ2) is 10.2. The summed E-state index contributed by atoms with van der Waals surface area (Å²) in [5.74, 6) is 0.936. The van der Waals surface area contributed by atoms with Crippen LogP contribution in [0.3, 0.4) is 0 Å². The Bertz CT molecular complexity index is 810. The van der Waals surface area contributed by atoms with E-state index in [4.69, 9.17) is 23.5 Å². The molecule has 4 rings (SSSR count). The van der Waals surface area contributed by atoms with E-state index in [2.05, 4.69) is 20.8 Å². The van der Waals surface area contributed by atoms with Gasteiger partial charge in [-0.2, -0.15) is 12.6 Å². The number of carboxylic acid groups (broad SMARTS) is 1. The highest BCUT2D eigenvalue weighted by Gasteiger charge is 2.65. The van der Waals surface area contributed by atoms with Crippen molar-refractivity contribution in [2.75, 3.05) is 13.1 Å². The molecule has 0 aromatic rings. The number of carboxylic acids is 1. The first kappa shape index (κ1) is 27.3. The Morgan fingerprint density at radius 2 is 1.86 bits per heavy atom. The number of rotatable bonds is 8. The van der Waals surface area contributed by atoms with Gasteiger partial charge in [0.15, 0.2) is 0 Å². The van der Waals surface area contributed by atoms with Crippen molar-refractivity contribution in [1.29, 1.82) is 0 Å². The van der Waals surface area contributed by atoms with Crippen LogP contribution >= 0.6 is 12.6 Å². The number of amides is 1. The van der Waals surface area contributed by atoms with Crippen molar-refractivity contribution in [3.8, 4) is 0 Å². The van der Waals surface area contributed by atoms with Gasteiger partial charge in [-0.1, -0.05) is 33.6 Å². The summed E-state index contributed by atoms with van der Waals surface area (Å²) in [6, 6.07) is -0.404. The molecule has 0 aromatic carbocycles. The molecule has 3 aliphatic carbocycles. The number of aliphatic hydroxyl groups excluding tert-OH is 1. The lowest BCUT2D eigenvalue weighted by Crippen LogP contribution is -2.63. The molecule has 9 atom stereocenters. The molecule has 7 heteroatoms. The third-order valence-electron chi connectivity index (χ3n) is 11.2. The molecule has 1 aliphatic heterocycles. The minimum atomic E-state index is -0.720. The van der Waals surface area contributed by atoms with Crippen LogP contribution in [0.5, 0.6) is 0 Å². The molecule has 0 radical (unpaired) electrons. The minimum absolute atomic E-state index is 0.0776. The maximum atomic E-state index is 12.9. The number of aliphatic carboxylic acids is 1. The summed E-state index contributed by atoms with van der Waals surface area (Å²) in [5.41, 5.74) is 6.40. The van der Waals surface area contributed by atoms with E-state index < -0.39 is 12.0 Å². The van der Waals surface area contributed by atoms with Crippen LogP contribution in [0.25, 0.3) is 0 Å². The lowest BCUT2D eigenvalue weighted by molar-refractivity contribution is -0.173. The Balaban J connectivity index is 1.48. The van der Waals surface area contributed by atoms with Crippen LogP contribution in [0, 0.1) is 34.5 Å². The van der Waals surface area contributed by atoms with Crippen LogP contribution in [-0.4, -0.2) is 57.0 Å². The number of unbranched alkanes of at least 4 members (excludes halogenated alkanes) is 1. The molecule has 0 aromatic heterocycles. The molecule has 4 N–H and O–H groups in total. The normalized spacial score (nSPS) is 43.7. The number of hydrogen-bond acceptors (Lipinski definition) is 5. The maximum absolute atomic E-state index is 12.9. The molecule has 4 fully saturated rings. The molecule has 1 saturated heterocycles. The molecule has 6 nitrogen and oxygen atoms in total. The van der Waals surface area contributed by atoms with Crippen LogP contribution in [0.2, 0.25) is 0 Å². The summed E-state index contributed by atoms with van der Waals surface area (Å²) < 4.78 is -0.0796. The number of likely N-dealkylation sites (tertiary alicyclic amines) is 1. The van der Waals surface area contributed by atoms with Crippen molar-refractivity contribution in [2.45, 2.75) is 115 Å². The van der Waals surface area contributed by atoms with Gasteiger partial charge in [-0.3, -0.25) is 9.59 Å². The molecule has 1 heterocycles. The second-order valence-corrected chi connectivity index (χ2v) is 13.7. The number of thiol groups is 1. The predicted molar refractivity (Wildman–Crippen MR) is 141 cm³/mol. The number of aliphatic hydroxyl groups is 1. The van der Waals surface area contributed by atoms with E-state index in [9.17, 15) is 14.7 Å². The van der Waals surface area contributed by atoms with E-state index in [1.165, 1.54) is 0 Å². The second-order valence-electron chi connectivity index (χ2n) is 12.9. The van der Waals surface area contributed by atoms with Crippen LogP contribution in [0.1, 0.15) is 97.8 Å². The maximum Gasteiger partial charge on any atom is 0.303 e. The number of fused-ring (bicyclic) bond motifs is 5. The lowest BCUT2D eigenvalue weighted by Gasteiger charge is -2.63. The van der Waals surface area contributed by atoms with Gasteiger partial charge >= 0.3 is 5.97 Å². The van der Waals surface area contributed by atoms with Gasteiger partial charge in [0.05, 0.1) is 12.1 Å². The zero-order valence-electron chi connectivity index (χ0n) is 22.0. The van der Waals surface area contributed by atoms with Gasteiger partial charge in [0, 0.05) is 24.3 Å². The number of piperidine rings is 1. The fourth-order valence-electron chi connectivity index (χ4n) is 9.01. The zero-order chi connectivity index (χ0) is 25.6. The summed E-state index contributed by atoms with van der Waals surface area (Å²) >= 11 is 5.30. The minimum Gasteiger partial charge on any atom is -0.481 e. The Morgan fingerprint density at radius 1 is 1.14 bits per heavy atom. The highest BCUT2D eigenvalue weighted by Crippen LogP contribution is 2.69. The van der Waals surface area contributed by atoms with E-state index in [0.29, 0.717) is 30.1 Å². The summed E-state index contributed by atoms with van der Waals surface area (Å²) in [6.07, 6.45) is 10.3. The summed E-state index contributed by atoms with van der Waals surface area (Å²) in [4.78, 5) is 25.9. The van der Waals surface area contributed by atoms with Crippen molar-refractivity contribution in [1.82, 2.24) is 4.90 Å². The Kier molecular flexibility index (Phi) is 7.92. The van der Waals surface area contributed by atoms with Gasteiger partial charge in [0.1, 0.15) is 0 Å². The quantitative estimate of drug-likeness (QED) is 0.286. The molecule has 9 unspecified atom stereocenters. The smallest absolute Gasteiger partial charge is 0.303 e. The van der Waals surface area contributed by atoms with Gasteiger partial charge < -0.3 is 20.8 Å². The third kappa shape index (κ3) is 4.67. The molecule has 4 aliphatic rings. The van der Waals surface area contributed by atoms with Crippen LogP contribution in [0.15, 0.2) is 0 Å². The van der Waals surface area contributed by atoms with Gasteiger partial charge in [-0.05, 0) is 92.3 Å². The monoisotopic (exact) mass is 508 g/mol.